The highest BCUT2D eigenvalue weighted by atomic mass is 16.1. The van der Waals surface area contributed by atoms with Crippen molar-refractivity contribution >= 4 is 23.2 Å². The largest absolute Gasteiger partial charge is 0.384 e. The number of amides is 1. The van der Waals surface area contributed by atoms with Gasteiger partial charge in [0.25, 0.3) is 0 Å². The van der Waals surface area contributed by atoms with Gasteiger partial charge < -0.3 is 11.1 Å². The highest BCUT2D eigenvalue weighted by Gasteiger charge is 2.35. The van der Waals surface area contributed by atoms with Crippen LogP contribution in [0.5, 0.6) is 0 Å². The number of nitrogens with one attached hydrogen (secondary N) is 1. The fourth-order valence-electron chi connectivity index (χ4n) is 4.21. The van der Waals surface area contributed by atoms with Gasteiger partial charge in [-0.3, -0.25) is 14.6 Å². The molecule has 0 bridgehead atoms. The van der Waals surface area contributed by atoms with Crippen molar-refractivity contribution < 1.29 is 9.59 Å². The zero-order valence-corrected chi connectivity index (χ0v) is 18.7. The van der Waals surface area contributed by atoms with Crippen molar-refractivity contribution in [1.82, 2.24) is 0 Å². The van der Waals surface area contributed by atoms with Gasteiger partial charge in [0.2, 0.25) is 5.91 Å². The second-order valence-electron chi connectivity index (χ2n) is 8.95. The quantitative estimate of drug-likeness (QED) is 0.700. The summed E-state index contributed by atoms with van der Waals surface area (Å²) in [6.45, 7) is 7.57. The SMILES string of the molecule is CC(=O)Nc1cccc(-c2cccc(CC3=CC(N)=NC(C)(CC(C)C)C(=O)C3)c2)c1. The molecule has 3 N–H and O–H groups in total. The summed E-state index contributed by atoms with van der Waals surface area (Å²) in [4.78, 5) is 28.9. The van der Waals surface area contributed by atoms with Gasteiger partial charge in [0.1, 0.15) is 11.4 Å². The van der Waals surface area contributed by atoms with Crippen molar-refractivity contribution in [2.45, 2.75) is 52.5 Å². The summed E-state index contributed by atoms with van der Waals surface area (Å²) >= 11 is 0. The summed E-state index contributed by atoms with van der Waals surface area (Å²) in [6.07, 6.45) is 3.54. The number of allylic oxidation sites excluding steroid dienone is 1. The molecule has 5 heteroatoms. The van der Waals surface area contributed by atoms with Crippen LogP contribution in [0.25, 0.3) is 11.1 Å². The summed E-state index contributed by atoms with van der Waals surface area (Å²) in [5.41, 5.74) is 10.3. The van der Waals surface area contributed by atoms with Crippen molar-refractivity contribution in [1.29, 1.82) is 0 Å². The van der Waals surface area contributed by atoms with E-state index in [1.807, 2.05) is 49.4 Å². The lowest BCUT2D eigenvalue weighted by molar-refractivity contribution is -0.123. The lowest BCUT2D eigenvalue weighted by atomic mass is 9.84. The molecule has 0 radical (unpaired) electrons. The lowest BCUT2D eigenvalue weighted by Crippen LogP contribution is -2.36. The summed E-state index contributed by atoms with van der Waals surface area (Å²) in [5.74, 6) is 0.798. The number of Topliss-reactive ketones (excluding diaryl/α,β-unsaturated/α-hetero) is 1. The molecule has 1 heterocycles. The number of nitrogens with zero attached hydrogens (tertiary/aromatic N) is 1. The van der Waals surface area contributed by atoms with Gasteiger partial charge in [-0.2, -0.15) is 0 Å². The third-order valence-electron chi connectivity index (χ3n) is 5.40. The maximum absolute atomic E-state index is 13.0. The van der Waals surface area contributed by atoms with E-state index in [1.54, 1.807) is 0 Å². The van der Waals surface area contributed by atoms with Gasteiger partial charge in [-0.25, -0.2) is 0 Å². The fraction of sp³-hybridized carbons (Fsp3) is 0.346. The number of hydrogen-bond donors (Lipinski definition) is 2. The molecule has 1 amide bonds. The van der Waals surface area contributed by atoms with E-state index in [2.05, 4.69) is 36.3 Å². The van der Waals surface area contributed by atoms with Crippen LogP contribution in [0.1, 0.15) is 46.1 Å². The van der Waals surface area contributed by atoms with E-state index in [0.29, 0.717) is 31.0 Å². The molecule has 2 aromatic carbocycles. The topological polar surface area (TPSA) is 84.6 Å². The molecule has 1 aliphatic heterocycles. The molecule has 0 spiro atoms. The van der Waals surface area contributed by atoms with Crippen molar-refractivity contribution in [3.05, 3.63) is 65.7 Å². The van der Waals surface area contributed by atoms with E-state index in [1.165, 1.54) is 6.92 Å². The molecule has 0 aliphatic carbocycles. The molecule has 0 saturated heterocycles. The van der Waals surface area contributed by atoms with Crippen LogP contribution in [0, 0.1) is 5.92 Å². The Balaban J connectivity index is 1.81. The number of anilines is 1. The number of amidine groups is 1. The Bertz CT molecular complexity index is 1050. The maximum atomic E-state index is 13.0. The Hall–Kier alpha value is -3.21. The summed E-state index contributed by atoms with van der Waals surface area (Å²) in [7, 11) is 0. The Morgan fingerprint density at radius 3 is 2.52 bits per heavy atom. The van der Waals surface area contributed by atoms with E-state index in [9.17, 15) is 9.59 Å². The number of carbonyl (C=O) groups is 2. The second-order valence-corrected chi connectivity index (χ2v) is 8.95. The molecule has 0 saturated carbocycles. The van der Waals surface area contributed by atoms with Crippen LogP contribution >= 0.6 is 0 Å². The molecular weight excluding hydrogens is 386 g/mol. The third-order valence-corrected chi connectivity index (χ3v) is 5.40. The number of hydrogen-bond acceptors (Lipinski definition) is 4. The Morgan fingerprint density at radius 1 is 1.16 bits per heavy atom. The van der Waals surface area contributed by atoms with E-state index >= 15 is 0 Å². The van der Waals surface area contributed by atoms with Crippen LogP contribution < -0.4 is 11.1 Å². The average Bonchev–Trinajstić information content (AvgIpc) is 2.76. The first-order valence-electron chi connectivity index (χ1n) is 10.7. The molecule has 1 atom stereocenters. The minimum absolute atomic E-state index is 0.0976. The molecule has 1 aliphatic rings. The molecule has 162 valence electrons. The van der Waals surface area contributed by atoms with Crippen LogP contribution in [0.3, 0.4) is 0 Å². The zero-order valence-electron chi connectivity index (χ0n) is 18.7. The van der Waals surface area contributed by atoms with Gasteiger partial charge in [0.15, 0.2) is 5.78 Å². The van der Waals surface area contributed by atoms with Gasteiger partial charge in [0, 0.05) is 19.0 Å². The number of benzene rings is 2. The van der Waals surface area contributed by atoms with Crippen molar-refractivity contribution in [2.75, 3.05) is 5.32 Å². The van der Waals surface area contributed by atoms with E-state index in [-0.39, 0.29) is 11.7 Å². The number of ketones is 1. The third kappa shape index (κ3) is 5.91. The minimum Gasteiger partial charge on any atom is -0.384 e. The van der Waals surface area contributed by atoms with Crippen LogP contribution in [-0.2, 0) is 16.0 Å². The van der Waals surface area contributed by atoms with Crippen LogP contribution in [-0.4, -0.2) is 23.1 Å². The van der Waals surface area contributed by atoms with E-state index in [0.717, 1.165) is 28.0 Å². The van der Waals surface area contributed by atoms with Crippen LogP contribution in [0.15, 0.2) is 65.2 Å². The Kier molecular flexibility index (Phi) is 6.74. The number of rotatable bonds is 6. The molecule has 3 rings (SSSR count). The molecule has 1 unspecified atom stereocenters. The van der Waals surface area contributed by atoms with Crippen LogP contribution in [0.4, 0.5) is 5.69 Å². The normalized spacial score (nSPS) is 18.9. The predicted octanol–water partition coefficient (Wildman–Crippen LogP) is 4.92. The van der Waals surface area contributed by atoms with Gasteiger partial charge >= 0.3 is 0 Å². The number of nitrogens with two attached hydrogens (primary N) is 1. The van der Waals surface area contributed by atoms with Crippen molar-refractivity contribution in [3.63, 3.8) is 0 Å². The Morgan fingerprint density at radius 2 is 1.84 bits per heavy atom. The lowest BCUT2D eigenvalue weighted by Gasteiger charge is -2.25. The van der Waals surface area contributed by atoms with Gasteiger partial charge in [-0.15, -0.1) is 0 Å². The van der Waals surface area contributed by atoms with Crippen LogP contribution in [0.2, 0.25) is 0 Å². The molecule has 2 aromatic rings. The summed E-state index contributed by atoms with van der Waals surface area (Å²) in [6, 6.07) is 16.0. The molecule has 5 nitrogen and oxygen atoms in total. The van der Waals surface area contributed by atoms with Crippen molar-refractivity contribution in [2.24, 2.45) is 16.6 Å². The summed E-state index contributed by atoms with van der Waals surface area (Å²) < 4.78 is 0. The standard InChI is InChI=1S/C26H31N3O2/c1-17(2)16-26(4)24(31)13-20(14-25(27)29-26)11-19-7-5-8-21(12-19)22-9-6-10-23(15-22)28-18(3)30/h5-10,12,14-15,17H,11,13,16H2,1-4H3,(H2,27,29)(H,28,30). The molecule has 0 fully saturated rings. The van der Waals surface area contributed by atoms with Crippen molar-refractivity contribution in [3.8, 4) is 11.1 Å². The molecule has 31 heavy (non-hydrogen) atoms. The predicted molar refractivity (Wildman–Crippen MR) is 127 cm³/mol. The Labute approximate surface area is 184 Å². The first-order valence-corrected chi connectivity index (χ1v) is 10.7. The van der Waals surface area contributed by atoms with Gasteiger partial charge in [-0.05, 0) is 60.6 Å². The highest BCUT2D eigenvalue weighted by Crippen LogP contribution is 2.29. The second kappa shape index (κ2) is 9.29. The fourth-order valence-corrected chi connectivity index (χ4v) is 4.21. The first kappa shape index (κ1) is 22.5. The highest BCUT2D eigenvalue weighted by molar-refractivity contribution is 6.00. The zero-order chi connectivity index (χ0) is 22.6. The van der Waals surface area contributed by atoms with Gasteiger partial charge in [0.05, 0.1) is 0 Å². The molecule has 0 aromatic heterocycles. The first-order chi connectivity index (χ1) is 14.6. The summed E-state index contributed by atoms with van der Waals surface area (Å²) in [5, 5.41) is 2.82. The van der Waals surface area contributed by atoms with E-state index in [4.69, 9.17) is 5.73 Å². The number of aliphatic imine (C=N–C) groups is 1. The maximum Gasteiger partial charge on any atom is 0.221 e. The van der Waals surface area contributed by atoms with Gasteiger partial charge in [-0.1, -0.05) is 55.8 Å². The average molecular weight is 418 g/mol. The van der Waals surface area contributed by atoms with E-state index < -0.39 is 5.54 Å². The minimum atomic E-state index is -0.761. The molecular formula is C26H31N3O2. The smallest absolute Gasteiger partial charge is 0.221 e. The number of carbonyl (C=O) groups excluding carboxylic acids is 2. The monoisotopic (exact) mass is 417 g/mol.